The van der Waals surface area contributed by atoms with E-state index in [2.05, 4.69) is 9.47 Å². The fraction of sp³-hybridized carbons (Fsp3) is 0.200. The maximum atomic E-state index is 12.6. The number of ether oxygens (including phenoxy) is 2. The van der Waals surface area contributed by atoms with E-state index >= 15 is 0 Å². The Kier molecular flexibility index (Phi) is 7.54. The first kappa shape index (κ1) is 26.2. The van der Waals surface area contributed by atoms with Gasteiger partial charge in [0.25, 0.3) is 0 Å². The Bertz CT molecular complexity index is 987. The van der Waals surface area contributed by atoms with Gasteiger partial charge in [0.05, 0.1) is 22.3 Å². The van der Waals surface area contributed by atoms with E-state index in [0.29, 0.717) is 48.5 Å². The van der Waals surface area contributed by atoms with Crippen LogP contribution >= 0.6 is 0 Å². The summed E-state index contributed by atoms with van der Waals surface area (Å²) in [5, 5.41) is 18.5. The number of carboxylic acid groups (broad SMARTS) is 2. The quantitative estimate of drug-likeness (QED) is 0.441. The summed E-state index contributed by atoms with van der Waals surface area (Å²) in [4.78, 5) is 47.2. The average Bonchev–Trinajstić information content (AvgIpc) is 2.74. The van der Waals surface area contributed by atoms with Crippen LogP contribution < -0.4 is 0 Å². The van der Waals surface area contributed by atoms with Crippen LogP contribution in [0.25, 0.3) is 0 Å². The SMILES string of the molecule is O=C(O[C@H](C(=O)O)[C@H](OC(=O)c1ccc(C(F)(F)F)cc1)C(=O)O)c1ccc(C(F)(F)F)cc1. The molecule has 0 fully saturated rings. The van der Waals surface area contributed by atoms with Gasteiger partial charge in [0.1, 0.15) is 0 Å². The molecule has 0 spiro atoms. The molecule has 0 aliphatic rings. The van der Waals surface area contributed by atoms with Crippen LogP contribution in [-0.4, -0.2) is 46.3 Å². The molecular formula is C20H12F6O8. The van der Waals surface area contributed by atoms with Crippen LogP contribution in [0.3, 0.4) is 0 Å². The number of rotatable bonds is 7. The van der Waals surface area contributed by atoms with E-state index < -0.39 is 70.7 Å². The van der Waals surface area contributed by atoms with Crippen molar-refractivity contribution in [2.24, 2.45) is 0 Å². The molecule has 182 valence electrons. The third kappa shape index (κ3) is 6.46. The lowest BCUT2D eigenvalue weighted by atomic mass is 10.1. The van der Waals surface area contributed by atoms with E-state index in [-0.39, 0.29) is 0 Å². The third-order valence-corrected chi connectivity index (χ3v) is 4.13. The normalized spacial score (nSPS) is 13.5. The second kappa shape index (κ2) is 9.80. The molecule has 0 amide bonds. The van der Waals surface area contributed by atoms with Gasteiger partial charge in [-0.1, -0.05) is 0 Å². The summed E-state index contributed by atoms with van der Waals surface area (Å²) in [7, 11) is 0. The minimum Gasteiger partial charge on any atom is -0.478 e. The Balaban J connectivity index is 2.22. The highest BCUT2D eigenvalue weighted by Crippen LogP contribution is 2.30. The van der Waals surface area contributed by atoms with Crippen molar-refractivity contribution in [3.63, 3.8) is 0 Å². The van der Waals surface area contributed by atoms with E-state index in [0.717, 1.165) is 0 Å². The van der Waals surface area contributed by atoms with Crippen molar-refractivity contribution in [2.75, 3.05) is 0 Å². The minimum atomic E-state index is -4.73. The average molecular weight is 494 g/mol. The second-order valence-electron chi connectivity index (χ2n) is 6.48. The highest BCUT2D eigenvalue weighted by atomic mass is 19.4. The topological polar surface area (TPSA) is 127 Å². The second-order valence-corrected chi connectivity index (χ2v) is 6.48. The molecule has 14 heteroatoms. The lowest BCUT2D eigenvalue weighted by Crippen LogP contribution is -2.45. The maximum Gasteiger partial charge on any atom is 0.416 e. The number of carbonyl (C=O) groups excluding carboxylic acids is 2. The third-order valence-electron chi connectivity index (χ3n) is 4.13. The van der Waals surface area contributed by atoms with Gasteiger partial charge >= 0.3 is 36.2 Å². The van der Waals surface area contributed by atoms with E-state index in [1.165, 1.54) is 0 Å². The summed E-state index contributed by atoms with van der Waals surface area (Å²) in [5.74, 6) is -7.27. The van der Waals surface area contributed by atoms with Gasteiger partial charge in [0.2, 0.25) is 12.2 Å². The summed E-state index contributed by atoms with van der Waals surface area (Å²) >= 11 is 0. The van der Waals surface area contributed by atoms with Crippen LogP contribution in [0.15, 0.2) is 48.5 Å². The highest BCUT2D eigenvalue weighted by molar-refractivity contribution is 5.95. The highest BCUT2D eigenvalue weighted by Gasteiger charge is 2.41. The number of carboxylic acids is 2. The Morgan fingerprint density at radius 2 is 0.853 bits per heavy atom. The van der Waals surface area contributed by atoms with Gasteiger partial charge < -0.3 is 19.7 Å². The predicted molar refractivity (Wildman–Crippen MR) is 96.6 cm³/mol. The van der Waals surface area contributed by atoms with Crippen LogP contribution in [0.2, 0.25) is 0 Å². The molecule has 2 rings (SSSR count). The molecule has 0 aliphatic carbocycles. The molecule has 8 nitrogen and oxygen atoms in total. The van der Waals surface area contributed by atoms with Crippen molar-refractivity contribution in [1.29, 1.82) is 0 Å². The molecule has 0 heterocycles. The molecule has 0 saturated heterocycles. The van der Waals surface area contributed by atoms with E-state index in [4.69, 9.17) is 0 Å². The van der Waals surface area contributed by atoms with Crippen LogP contribution in [-0.2, 0) is 31.4 Å². The smallest absolute Gasteiger partial charge is 0.416 e. The van der Waals surface area contributed by atoms with Crippen LogP contribution in [0, 0.1) is 0 Å². The summed E-state index contributed by atoms with van der Waals surface area (Å²) in [6.07, 6.45) is -14.8. The summed E-state index contributed by atoms with van der Waals surface area (Å²) in [6.45, 7) is 0. The lowest BCUT2D eigenvalue weighted by molar-refractivity contribution is -0.166. The molecule has 2 N–H and O–H groups in total. The van der Waals surface area contributed by atoms with Gasteiger partial charge in [-0.25, -0.2) is 19.2 Å². The molecule has 0 aliphatic heterocycles. The molecule has 34 heavy (non-hydrogen) atoms. The number of esters is 2. The number of halogens is 6. The van der Waals surface area contributed by atoms with Crippen molar-refractivity contribution in [3.8, 4) is 0 Å². The van der Waals surface area contributed by atoms with Gasteiger partial charge in [-0.3, -0.25) is 0 Å². The first-order chi connectivity index (χ1) is 15.6. The molecule has 2 atom stereocenters. The summed E-state index contributed by atoms with van der Waals surface area (Å²) < 4.78 is 84.7. The van der Waals surface area contributed by atoms with Crippen molar-refractivity contribution in [2.45, 2.75) is 24.6 Å². The van der Waals surface area contributed by atoms with Crippen molar-refractivity contribution >= 4 is 23.9 Å². The minimum absolute atomic E-state index is 0.492. The molecule has 0 aromatic heterocycles. The van der Waals surface area contributed by atoms with Crippen LogP contribution in [0.5, 0.6) is 0 Å². The number of alkyl halides is 6. The molecule has 0 saturated carbocycles. The molecule has 2 aromatic carbocycles. The Morgan fingerprint density at radius 3 is 1.06 bits per heavy atom. The van der Waals surface area contributed by atoms with E-state index in [9.17, 15) is 55.7 Å². The standard InChI is InChI=1S/C20H12F6O8/c21-19(22,23)11-5-1-9(2-6-11)17(31)33-13(15(27)28)14(16(29)30)34-18(32)10-3-7-12(8-4-10)20(24,25)26/h1-8,13-14H,(H,27,28)(H,29,30)/t13-,14-/m0/s1. The number of carbonyl (C=O) groups is 4. The molecule has 2 aromatic rings. The van der Waals surface area contributed by atoms with E-state index in [1.54, 1.807) is 0 Å². The fourth-order valence-corrected chi connectivity index (χ4v) is 2.44. The van der Waals surface area contributed by atoms with Gasteiger partial charge in [0, 0.05) is 0 Å². The first-order valence-electron chi connectivity index (χ1n) is 8.83. The van der Waals surface area contributed by atoms with Gasteiger partial charge in [0.15, 0.2) is 0 Å². The maximum absolute atomic E-state index is 12.6. The Labute approximate surface area is 185 Å². The number of hydrogen-bond acceptors (Lipinski definition) is 6. The predicted octanol–water partition coefficient (Wildman–Crippen LogP) is 3.64. The molecule has 0 bridgehead atoms. The Hall–Kier alpha value is -4.10. The van der Waals surface area contributed by atoms with Crippen molar-refractivity contribution in [1.82, 2.24) is 0 Å². The zero-order chi connectivity index (χ0) is 25.8. The van der Waals surface area contributed by atoms with Gasteiger partial charge in [-0.05, 0) is 48.5 Å². The lowest BCUT2D eigenvalue weighted by Gasteiger charge is -2.21. The zero-order valence-corrected chi connectivity index (χ0v) is 16.4. The number of hydrogen-bond donors (Lipinski definition) is 2. The zero-order valence-electron chi connectivity index (χ0n) is 16.4. The monoisotopic (exact) mass is 494 g/mol. The fourth-order valence-electron chi connectivity index (χ4n) is 2.44. The summed E-state index contributed by atoms with van der Waals surface area (Å²) in [6, 6.07) is 4.55. The van der Waals surface area contributed by atoms with Gasteiger partial charge in [-0.15, -0.1) is 0 Å². The Morgan fingerprint density at radius 1 is 0.588 bits per heavy atom. The first-order valence-corrected chi connectivity index (χ1v) is 8.83. The molecular weight excluding hydrogens is 482 g/mol. The van der Waals surface area contributed by atoms with Crippen LogP contribution in [0.1, 0.15) is 31.8 Å². The van der Waals surface area contributed by atoms with Crippen molar-refractivity contribution in [3.05, 3.63) is 70.8 Å². The largest absolute Gasteiger partial charge is 0.478 e. The molecule has 0 radical (unpaired) electrons. The van der Waals surface area contributed by atoms with Gasteiger partial charge in [-0.2, -0.15) is 26.3 Å². The van der Waals surface area contributed by atoms with E-state index in [1.807, 2.05) is 0 Å². The summed E-state index contributed by atoms with van der Waals surface area (Å²) in [5.41, 5.74) is -3.41. The van der Waals surface area contributed by atoms with Crippen LogP contribution in [0.4, 0.5) is 26.3 Å². The van der Waals surface area contributed by atoms with Crippen molar-refractivity contribution < 1.29 is 65.2 Å². The number of aliphatic carboxylic acids is 2. The number of benzene rings is 2. The molecule has 0 unspecified atom stereocenters.